The van der Waals surface area contributed by atoms with Crippen LogP contribution in [0.4, 0.5) is 0 Å². The summed E-state index contributed by atoms with van der Waals surface area (Å²) in [4.78, 5) is 50.6. The zero-order chi connectivity index (χ0) is 38.8. The van der Waals surface area contributed by atoms with E-state index < -0.39 is 5.97 Å². The fourth-order valence-electron chi connectivity index (χ4n) is 7.95. The molecule has 0 radical (unpaired) electrons. The highest BCUT2D eigenvalue weighted by Gasteiger charge is 2.30. The number of aromatic nitrogens is 8. The van der Waals surface area contributed by atoms with Gasteiger partial charge < -0.3 is 15.1 Å². The lowest BCUT2D eigenvalue weighted by atomic mass is 9.82. The van der Waals surface area contributed by atoms with Crippen LogP contribution < -0.4 is 0 Å². The van der Waals surface area contributed by atoms with Gasteiger partial charge in [0.15, 0.2) is 23.3 Å². The van der Waals surface area contributed by atoms with Gasteiger partial charge in [0.1, 0.15) is 22.6 Å². The maximum Gasteiger partial charge on any atom is 0.335 e. The highest BCUT2D eigenvalue weighted by molar-refractivity contribution is 6.09. The van der Waals surface area contributed by atoms with Crippen molar-refractivity contribution < 1.29 is 9.90 Å². The highest BCUT2D eigenvalue weighted by atomic mass is 16.4. The topological polar surface area (TPSA) is 146 Å². The van der Waals surface area contributed by atoms with Gasteiger partial charge in [-0.3, -0.25) is 0 Å². The summed E-state index contributed by atoms with van der Waals surface area (Å²) in [5.74, 6) is 0.852. The van der Waals surface area contributed by atoms with Crippen LogP contribution in [-0.2, 0) is 16.2 Å². The summed E-state index contributed by atoms with van der Waals surface area (Å²) in [5.41, 5.74) is 8.29. The Morgan fingerprint density at radius 1 is 0.491 bits per heavy atom. The molecule has 55 heavy (non-hydrogen) atoms. The molecule has 2 aliphatic heterocycles. The molecule has 0 amide bonds. The van der Waals surface area contributed by atoms with Crippen molar-refractivity contribution in [1.29, 1.82) is 0 Å². The number of carboxylic acid groups (broad SMARTS) is 1. The number of H-pyrrole nitrogens is 2. The van der Waals surface area contributed by atoms with Gasteiger partial charge in [-0.05, 0) is 51.1 Å². The van der Waals surface area contributed by atoms with Gasteiger partial charge in [0.05, 0.1) is 5.56 Å². The Morgan fingerprint density at radius 3 is 1.49 bits per heavy atom. The second kappa shape index (κ2) is 11.6. The third-order valence-corrected chi connectivity index (χ3v) is 10.6. The molecule has 0 aliphatic carbocycles. The van der Waals surface area contributed by atoms with E-state index in [0.29, 0.717) is 57.0 Å². The number of hydrogen-bond donors (Lipinski definition) is 3. The predicted octanol–water partition coefficient (Wildman–Crippen LogP) is 10.5. The van der Waals surface area contributed by atoms with Gasteiger partial charge in [0, 0.05) is 43.8 Å². The zero-order valence-corrected chi connectivity index (χ0v) is 32.5. The molecule has 10 heteroatoms. The smallest absolute Gasteiger partial charge is 0.335 e. The van der Waals surface area contributed by atoms with Crippen molar-refractivity contribution in [1.82, 2.24) is 39.9 Å². The molecule has 9 rings (SSSR count). The van der Waals surface area contributed by atoms with Gasteiger partial charge in [-0.1, -0.05) is 117 Å². The van der Waals surface area contributed by atoms with Crippen molar-refractivity contribution in [2.45, 2.75) is 78.6 Å². The van der Waals surface area contributed by atoms with Gasteiger partial charge in [0.25, 0.3) is 0 Å². The summed E-state index contributed by atoms with van der Waals surface area (Å²) in [6.07, 6.45) is 0. The van der Waals surface area contributed by atoms with Gasteiger partial charge in [-0.25, -0.2) is 34.7 Å². The largest absolute Gasteiger partial charge is 0.478 e. The minimum Gasteiger partial charge on any atom is -0.478 e. The third kappa shape index (κ3) is 5.49. The summed E-state index contributed by atoms with van der Waals surface area (Å²) in [7, 11) is 0. The second-order valence-electron chi connectivity index (χ2n) is 17.6. The van der Waals surface area contributed by atoms with E-state index in [2.05, 4.69) is 115 Å². The molecule has 3 aromatic heterocycles. The average molecular weight is 727 g/mol. The van der Waals surface area contributed by atoms with Gasteiger partial charge in [-0.15, -0.1) is 0 Å². The Kier molecular flexibility index (Phi) is 7.27. The molecule has 8 bridgehead atoms. The van der Waals surface area contributed by atoms with E-state index in [9.17, 15) is 9.90 Å². The summed E-state index contributed by atoms with van der Waals surface area (Å²) in [5, 5.41) is 13.6. The van der Waals surface area contributed by atoms with E-state index in [-0.39, 0.29) is 21.8 Å². The molecule has 4 aromatic carbocycles. The van der Waals surface area contributed by atoms with Crippen molar-refractivity contribution >= 4 is 50.1 Å². The molecule has 10 nitrogen and oxygen atoms in total. The maximum atomic E-state index is 12.2. The third-order valence-electron chi connectivity index (χ3n) is 10.6. The minimum absolute atomic E-state index is 0.136. The molecule has 7 aromatic rings. The minimum atomic E-state index is -1.04. The first-order valence-corrected chi connectivity index (χ1v) is 18.6. The molecule has 0 saturated heterocycles. The van der Waals surface area contributed by atoms with Crippen molar-refractivity contribution in [2.75, 3.05) is 0 Å². The van der Waals surface area contributed by atoms with Crippen LogP contribution in [0.15, 0.2) is 72.8 Å². The first-order chi connectivity index (χ1) is 26.0. The Bertz CT molecular complexity index is 2950. The van der Waals surface area contributed by atoms with Crippen LogP contribution in [0, 0.1) is 0 Å². The van der Waals surface area contributed by atoms with Crippen molar-refractivity contribution in [2.24, 2.45) is 0 Å². The number of nitrogens with one attached hydrogen (secondary N) is 2. The molecule has 0 fully saturated rings. The number of fused-ring (bicyclic) bond motifs is 20. The molecule has 3 N–H and O–H groups in total. The Hall–Kier alpha value is -6.29. The lowest BCUT2D eigenvalue weighted by Crippen LogP contribution is -2.12. The summed E-state index contributed by atoms with van der Waals surface area (Å²) >= 11 is 0. The number of carboxylic acids is 1. The molecule has 0 atom stereocenters. The van der Waals surface area contributed by atoms with Crippen LogP contribution in [0.5, 0.6) is 0 Å². The molecular formula is C45H42N8O2. The Morgan fingerprint density at radius 2 is 0.945 bits per heavy atom. The number of nitrogens with zero attached hydrogens (tertiary/aromatic N) is 6. The van der Waals surface area contributed by atoms with Crippen molar-refractivity contribution in [3.63, 3.8) is 0 Å². The van der Waals surface area contributed by atoms with Crippen LogP contribution in [0.2, 0.25) is 0 Å². The Labute approximate surface area is 318 Å². The number of carbonyl (C=O) groups is 1. The first kappa shape index (κ1) is 34.5. The molecule has 0 unspecified atom stereocenters. The van der Waals surface area contributed by atoms with Crippen LogP contribution in [0.3, 0.4) is 0 Å². The molecule has 2 aliphatic rings. The quantitative estimate of drug-likeness (QED) is 0.151. The van der Waals surface area contributed by atoms with Crippen LogP contribution in [-0.4, -0.2) is 50.9 Å². The maximum absolute atomic E-state index is 12.2. The second-order valence-corrected chi connectivity index (χ2v) is 17.6. The van der Waals surface area contributed by atoms with Gasteiger partial charge in [-0.2, -0.15) is 0 Å². The lowest BCUT2D eigenvalue weighted by molar-refractivity contribution is 0.0697. The standard InChI is InChI=1S/C45H42N8O2/c1-43(2,3)28-16-10-13-24-31(28)40-49-35(24)47-38-27-21-22(42(54)55)19-20-23(27)34(46-38)48-39-32-25(14-11-17-29(32)44(4,5)6)36(50-39)52-41-33-26(37(51-40)53-41)15-12-18-30(33)45(7,8)9/h10-21H,1-9H3,(H,54,55)(H2,46,47,48,49,50,51,52,53). The monoisotopic (exact) mass is 726 g/mol. The number of aromatic amines is 2. The van der Waals surface area contributed by atoms with E-state index in [1.54, 1.807) is 18.2 Å². The normalized spacial score (nSPS) is 13.0. The van der Waals surface area contributed by atoms with E-state index in [1.807, 2.05) is 12.1 Å². The van der Waals surface area contributed by atoms with E-state index in [4.69, 9.17) is 29.9 Å². The average Bonchev–Trinajstić information content (AvgIpc) is 3.85. The summed E-state index contributed by atoms with van der Waals surface area (Å²) < 4.78 is 0. The lowest BCUT2D eigenvalue weighted by Gasteiger charge is -2.22. The first-order valence-electron chi connectivity index (χ1n) is 18.6. The van der Waals surface area contributed by atoms with Gasteiger partial charge >= 0.3 is 5.97 Å². The number of aromatic carboxylic acids is 1. The molecule has 5 heterocycles. The Balaban J connectivity index is 1.53. The summed E-state index contributed by atoms with van der Waals surface area (Å²) in [6.45, 7) is 19.7. The fraction of sp³-hybridized carbons (Fsp3) is 0.267. The molecule has 0 spiro atoms. The number of benzene rings is 4. The van der Waals surface area contributed by atoms with Crippen LogP contribution in [0.25, 0.3) is 89.7 Å². The number of hydrogen-bond acceptors (Lipinski definition) is 7. The predicted molar refractivity (Wildman–Crippen MR) is 219 cm³/mol. The molecular weight excluding hydrogens is 685 g/mol. The molecule has 274 valence electrons. The number of rotatable bonds is 1. The zero-order valence-electron chi connectivity index (χ0n) is 32.5. The van der Waals surface area contributed by atoms with Gasteiger partial charge in [0.2, 0.25) is 0 Å². The van der Waals surface area contributed by atoms with Crippen LogP contribution >= 0.6 is 0 Å². The van der Waals surface area contributed by atoms with E-state index >= 15 is 0 Å². The summed E-state index contributed by atoms with van der Waals surface area (Å²) in [6, 6.07) is 23.7. The SMILES string of the molecule is CC(C)(C)c1cccc2c1-c1nc-2nc2[nH]c(nc3nc(nc4[nH]c(n1)c1cccc(C(C)(C)C)c41)-c1ccc(C(=O)O)cc1-3)c1cccc(C(C)(C)C)c21. The fourth-order valence-corrected chi connectivity index (χ4v) is 7.95. The van der Waals surface area contributed by atoms with E-state index in [0.717, 1.165) is 49.4 Å². The van der Waals surface area contributed by atoms with Crippen LogP contribution in [0.1, 0.15) is 89.4 Å². The van der Waals surface area contributed by atoms with Crippen molar-refractivity contribution in [3.05, 3.63) is 95.1 Å². The van der Waals surface area contributed by atoms with Crippen molar-refractivity contribution in [3.8, 4) is 45.6 Å². The molecule has 0 saturated carbocycles. The van der Waals surface area contributed by atoms with E-state index in [1.165, 1.54) is 0 Å². The highest BCUT2D eigenvalue weighted by Crippen LogP contribution is 2.43.